The summed E-state index contributed by atoms with van der Waals surface area (Å²) in [4.78, 5) is 60.8. The Kier molecular flexibility index (Phi) is 11.7. The van der Waals surface area contributed by atoms with Crippen LogP contribution in [0.25, 0.3) is 21.9 Å². The van der Waals surface area contributed by atoms with Crippen molar-refractivity contribution in [2.45, 2.75) is 64.0 Å². The number of amides is 4. The first-order chi connectivity index (χ1) is 26.2. The highest BCUT2D eigenvalue weighted by molar-refractivity contribution is 6.07. The monoisotopic (exact) mass is 765 g/mol. The summed E-state index contributed by atoms with van der Waals surface area (Å²) in [7, 11) is 0. The highest BCUT2D eigenvalue weighted by Crippen LogP contribution is 2.34. The Hall–Kier alpha value is -5.49. The highest BCUT2D eigenvalue weighted by Gasteiger charge is 2.51. The number of ether oxygens (including phenoxy) is 2. The molecule has 0 radical (unpaired) electrons. The van der Waals surface area contributed by atoms with Crippen LogP contribution in [0.3, 0.4) is 0 Å². The molecule has 2 fully saturated rings. The fourth-order valence-corrected chi connectivity index (χ4v) is 6.59. The lowest BCUT2D eigenvalue weighted by molar-refractivity contribution is -0.139. The number of hydrogen-bond acceptors (Lipinski definition) is 11. The van der Waals surface area contributed by atoms with E-state index in [1.165, 1.54) is 16.9 Å². The molecule has 4 heterocycles. The Labute approximate surface area is 315 Å². The molecule has 0 bridgehead atoms. The van der Waals surface area contributed by atoms with Crippen molar-refractivity contribution in [3.05, 3.63) is 60.3 Å². The number of alkyl halides is 2. The van der Waals surface area contributed by atoms with Crippen molar-refractivity contribution < 1.29 is 42.5 Å². The lowest BCUT2D eigenvalue weighted by Crippen LogP contribution is -2.52. The molecule has 2 aliphatic rings. The van der Waals surface area contributed by atoms with Gasteiger partial charge in [0.25, 0.3) is 17.7 Å². The Morgan fingerprint density at radius 1 is 1.02 bits per heavy atom. The minimum atomic E-state index is -3.36. The van der Waals surface area contributed by atoms with E-state index in [1.807, 2.05) is 20.8 Å². The summed E-state index contributed by atoms with van der Waals surface area (Å²) in [6.45, 7) is 7.44. The molecule has 2 aromatic carbocycles. The van der Waals surface area contributed by atoms with Gasteiger partial charge in [-0.1, -0.05) is 17.3 Å². The predicted molar refractivity (Wildman–Crippen MR) is 195 cm³/mol. The van der Waals surface area contributed by atoms with Gasteiger partial charge in [0.2, 0.25) is 5.91 Å². The summed E-state index contributed by atoms with van der Waals surface area (Å²) in [5, 5.41) is 24.1. The summed E-state index contributed by atoms with van der Waals surface area (Å²) in [5.74, 6) is -5.36. The summed E-state index contributed by atoms with van der Waals surface area (Å²) >= 11 is 0. The third-order valence-corrected chi connectivity index (χ3v) is 9.36. The second kappa shape index (κ2) is 16.5. The van der Waals surface area contributed by atoms with Gasteiger partial charge in [0, 0.05) is 50.7 Å². The van der Waals surface area contributed by atoms with Gasteiger partial charge < -0.3 is 35.0 Å². The van der Waals surface area contributed by atoms with E-state index >= 15 is 0 Å². The number of halogens is 2. The molecular weight excluding hydrogens is 720 g/mol. The van der Waals surface area contributed by atoms with Gasteiger partial charge in [-0.15, -0.1) is 5.10 Å². The minimum Gasteiger partial charge on any atom is -0.494 e. The van der Waals surface area contributed by atoms with Crippen LogP contribution in [0.1, 0.15) is 44.0 Å². The second-order valence-corrected chi connectivity index (χ2v) is 14.6. The molecule has 4 amide bonds. The molecule has 294 valence electrons. The number of nitrogens with zero attached hydrogens (tertiary/aromatic N) is 7. The third kappa shape index (κ3) is 9.79. The van der Waals surface area contributed by atoms with Gasteiger partial charge >= 0.3 is 6.09 Å². The topological polar surface area (TPSA) is 184 Å². The van der Waals surface area contributed by atoms with E-state index < -0.39 is 60.9 Å². The van der Waals surface area contributed by atoms with Crippen molar-refractivity contribution in [2.24, 2.45) is 0 Å². The van der Waals surface area contributed by atoms with Crippen molar-refractivity contribution in [1.29, 1.82) is 0 Å². The molecule has 0 aliphatic carbocycles. The van der Waals surface area contributed by atoms with Crippen molar-refractivity contribution in [3.8, 4) is 5.75 Å². The molecule has 1 unspecified atom stereocenters. The van der Waals surface area contributed by atoms with Crippen LogP contribution < -0.4 is 15.4 Å². The van der Waals surface area contributed by atoms with Crippen LogP contribution in [0, 0.1) is 0 Å². The van der Waals surface area contributed by atoms with E-state index in [1.54, 1.807) is 47.4 Å². The van der Waals surface area contributed by atoms with Gasteiger partial charge in [0.1, 0.15) is 23.5 Å². The minimum absolute atomic E-state index is 0.188. The average Bonchev–Trinajstić information content (AvgIpc) is 3.73. The van der Waals surface area contributed by atoms with Crippen LogP contribution >= 0.6 is 0 Å². The molecule has 2 aliphatic heterocycles. The number of nitrogens with one attached hydrogen (secondary N) is 2. The first-order valence-corrected chi connectivity index (χ1v) is 18.1. The number of piperazine rings is 1. The quantitative estimate of drug-likeness (QED) is 0.180. The van der Waals surface area contributed by atoms with Crippen molar-refractivity contribution >= 4 is 45.8 Å². The van der Waals surface area contributed by atoms with E-state index in [-0.39, 0.29) is 18.3 Å². The number of carbonyl (C=O) groups is 4. The number of benzene rings is 2. The molecule has 2 atom stereocenters. The summed E-state index contributed by atoms with van der Waals surface area (Å²) in [6, 6.07) is 12.1. The molecule has 0 spiro atoms. The van der Waals surface area contributed by atoms with E-state index in [9.17, 15) is 33.1 Å². The number of rotatable bonds is 12. The smallest absolute Gasteiger partial charge is 0.410 e. The number of pyridine rings is 1. The molecule has 55 heavy (non-hydrogen) atoms. The Balaban J connectivity index is 0.998. The Morgan fingerprint density at radius 2 is 1.78 bits per heavy atom. The van der Waals surface area contributed by atoms with Crippen molar-refractivity contribution in [2.75, 3.05) is 52.4 Å². The normalized spacial score (nSPS) is 18.0. The molecule has 3 N–H and O–H groups in total. The zero-order chi connectivity index (χ0) is 39.3. The first-order valence-electron chi connectivity index (χ1n) is 18.1. The van der Waals surface area contributed by atoms with Crippen LogP contribution in [0.4, 0.5) is 13.6 Å². The Morgan fingerprint density at radius 3 is 2.55 bits per heavy atom. The van der Waals surface area contributed by atoms with E-state index in [0.29, 0.717) is 47.4 Å². The van der Waals surface area contributed by atoms with Crippen LogP contribution in [-0.2, 0) is 21.0 Å². The number of aromatic nitrogens is 4. The maximum atomic E-state index is 14.6. The lowest BCUT2D eigenvalue weighted by Gasteiger charge is -2.35. The molecule has 16 nitrogen and oxygen atoms in total. The highest BCUT2D eigenvalue weighted by atomic mass is 19.3. The molecule has 2 saturated heterocycles. The van der Waals surface area contributed by atoms with Crippen LogP contribution in [0.15, 0.2) is 54.7 Å². The van der Waals surface area contributed by atoms with Crippen LogP contribution in [0.2, 0.25) is 0 Å². The maximum absolute atomic E-state index is 14.6. The van der Waals surface area contributed by atoms with Gasteiger partial charge in [-0.3, -0.25) is 24.3 Å². The van der Waals surface area contributed by atoms with Gasteiger partial charge in [0.15, 0.2) is 6.10 Å². The maximum Gasteiger partial charge on any atom is 0.410 e. The number of fused-ring (bicyclic) bond motifs is 2. The van der Waals surface area contributed by atoms with Gasteiger partial charge in [-0.2, -0.15) is 0 Å². The largest absolute Gasteiger partial charge is 0.494 e. The standard InChI is InChI=1S/C37H45F2N9O7/c1-36(2,3)55-35(53)46-16-14-45(15-17-46)13-6-18-54-24-9-10-27-26(19-24)25(11-12-40-27)33(51)41-21-31(49)47-22-37(38,39)20-30(47)32(50)34(52)42-23-48-29-8-5-4-7-28(29)43-44-48/h4-5,7-12,19,30,32,50H,6,13-18,20-23H2,1-3H3,(H,41,51)(H,42,52)/t30-,32?/m0/s1. The predicted octanol–water partition coefficient (Wildman–Crippen LogP) is 2.40. The number of para-hydroxylation sites is 1. The van der Waals surface area contributed by atoms with Crippen molar-refractivity contribution in [3.63, 3.8) is 0 Å². The van der Waals surface area contributed by atoms with Gasteiger partial charge in [-0.25, -0.2) is 18.3 Å². The SMILES string of the molecule is CC(C)(C)OC(=O)N1CCN(CCCOc2ccc3nccc(C(=O)NCC(=O)N4CC(F)(F)C[C@H]4C(O)C(=O)NCn4nnc5ccccc54)c3c2)CC1. The van der Waals surface area contributed by atoms with Crippen LogP contribution in [-0.4, -0.2) is 140 Å². The molecule has 0 saturated carbocycles. The fourth-order valence-electron chi connectivity index (χ4n) is 6.59. The molecule has 6 rings (SSSR count). The summed E-state index contributed by atoms with van der Waals surface area (Å²) in [6.07, 6.45) is -1.05. The van der Waals surface area contributed by atoms with E-state index in [2.05, 4.69) is 30.8 Å². The zero-order valence-electron chi connectivity index (χ0n) is 30.9. The Bertz CT molecular complexity index is 2030. The first kappa shape index (κ1) is 39.2. The average molecular weight is 766 g/mol. The van der Waals surface area contributed by atoms with Crippen LogP contribution in [0.5, 0.6) is 5.75 Å². The molecule has 2 aromatic heterocycles. The number of hydrogen-bond donors (Lipinski definition) is 3. The second-order valence-electron chi connectivity index (χ2n) is 14.6. The van der Waals surface area contributed by atoms with Gasteiger partial charge in [0.05, 0.1) is 42.3 Å². The molecular formula is C37H45F2N9O7. The number of carbonyl (C=O) groups excluding carboxylic acids is 4. The van der Waals surface area contributed by atoms with Gasteiger partial charge in [-0.05, 0) is 63.6 Å². The van der Waals surface area contributed by atoms with E-state index in [4.69, 9.17) is 9.47 Å². The fraction of sp³-hybridized carbons (Fsp3) is 0.486. The lowest BCUT2D eigenvalue weighted by atomic mass is 10.1. The number of aliphatic hydroxyl groups excluding tert-OH is 1. The molecule has 18 heteroatoms. The third-order valence-electron chi connectivity index (χ3n) is 9.36. The number of likely N-dealkylation sites (tertiary alicyclic amines) is 1. The summed E-state index contributed by atoms with van der Waals surface area (Å²) < 4.78 is 42.0. The zero-order valence-corrected chi connectivity index (χ0v) is 30.9. The van der Waals surface area contributed by atoms with Crippen molar-refractivity contribution in [1.82, 2.24) is 45.3 Å². The molecule has 4 aromatic rings. The van der Waals surface area contributed by atoms with E-state index in [0.717, 1.165) is 31.0 Å². The summed E-state index contributed by atoms with van der Waals surface area (Å²) in [5.41, 5.74) is 1.34. The number of aliphatic hydroxyl groups is 1.